The van der Waals surface area contributed by atoms with Gasteiger partial charge >= 0.3 is 0 Å². The largest absolute Gasteiger partial charge is 0.207 e. The Balaban J connectivity index is 2.73. The number of halogens is 5. The highest BCUT2D eigenvalue weighted by molar-refractivity contribution is 6.33. The molecule has 5 heteroatoms. The van der Waals surface area contributed by atoms with Gasteiger partial charge in [0.2, 0.25) is 0 Å². The van der Waals surface area contributed by atoms with Gasteiger partial charge in [-0.25, -0.2) is 17.6 Å². The van der Waals surface area contributed by atoms with Gasteiger partial charge in [0.15, 0.2) is 0 Å². The van der Waals surface area contributed by atoms with Crippen molar-refractivity contribution in [1.82, 2.24) is 0 Å². The summed E-state index contributed by atoms with van der Waals surface area (Å²) in [4.78, 5) is 0. The summed E-state index contributed by atoms with van der Waals surface area (Å²) in [5.74, 6) is -4.21. The van der Waals surface area contributed by atoms with E-state index in [1.165, 1.54) is 0 Å². The number of hydrogen-bond donors (Lipinski definition) is 0. The summed E-state index contributed by atoms with van der Waals surface area (Å²) in [5.41, 5.74) is -0.877. The summed E-state index contributed by atoms with van der Waals surface area (Å²) in [6, 6.07) is 5.55. The molecule has 1 radical (unpaired) electrons. The van der Waals surface area contributed by atoms with Crippen LogP contribution in [0.3, 0.4) is 0 Å². The van der Waals surface area contributed by atoms with Crippen LogP contribution in [0.1, 0.15) is 0 Å². The zero-order valence-electron chi connectivity index (χ0n) is 8.20. The second-order valence-corrected chi connectivity index (χ2v) is 3.64. The minimum atomic E-state index is -1.16. The molecular formula is C12H4ClF4. The van der Waals surface area contributed by atoms with E-state index in [1.54, 1.807) is 0 Å². The molecule has 0 N–H and O–H groups in total. The Kier molecular flexibility index (Phi) is 3.07. The molecule has 2 rings (SSSR count). The first-order valence-electron chi connectivity index (χ1n) is 4.51. The van der Waals surface area contributed by atoms with Crippen LogP contribution in [0.2, 0.25) is 5.02 Å². The number of rotatable bonds is 1. The molecule has 2 aromatic carbocycles. The van der Waals surface area contributed by atoms with Gasteiger partial charge in [0.25, 0.3) is 0 Å². The number of hydrogen-bond acceptors (Lipinski definition) is 0. The predicted molar refractivity (Wildman–Crippen MR) is 55.6 cm³/mol. The van der Waals surface area contributed by atoms with Gasteiger partial charge in [-0.1, -0.05) is 17.7 Å². The fourth-order valence-corrected chi connectivity index (χ4v) is 1.63. The highest BCUT2D eigenvalue weighted by Crippen LogP contribution is 2.33. The van der Waals surface area contributed by atoms with E-state index in [9.17, 15) is 17.6 Å². The monoisotopic (exact) mass is 259 g/mol. The van der Waals surface area contributed by atoms with E-state index in [0.717, 1.165) is 12.1 Å². The van der Waals surface area contributed by atoms with Crippen LogP contribution in [-0.2, 0) is 0 Å². The summed E-state index contributed by atoms with van der Waals surface area (Å²) in [5, 5.41) is -0.461. The highest BCUT2D eigenvalue weighted by Gasteiger charge is 2.17. The van der Waals surface area contributed by atoms with Gasteiger partial charge < -0.3 is 0 Å². The average Bonchev–Trinajstić information content (AvgIpc) is 2.23. The van der Waals surface area contributed by atoms with Crippen molar-refractivity contribution in [2.75, 3.05) is 0 Å². The molecule has 0 heterocycles. The van der Waals surface area contributed by atoms with Crippen LogP contribution in [0.5, 0.6) is 0 Å². The quantitative estimate of drug-likeness (QED) is 0.668. The maximum absolute atomic E-state index is 13.4. The molecule has 17 heavy (non-hydrogen) atoms. The van der Waals surface area contributed by atoms with E-state index < -0.39 is 33.9 Å². The van der Waals surface area contributed by atoms with Gasteiger partial charge in [-0.05, 0) is 12.1 Å². The molecule has 0 aliphatic rings. The van der Waals surface area contributed by atoms with E-state index in [4.69, 9.17) is 11.6 Å². The van der Waals surface area contributed by atoms with Crippen molar-refractivity contribution >= 4 is 11.6 Å². The minimum absolute atomic E-state index is 0.276. The Labute approximate surface area is 99.5 Å². The standard InChI is InChI=1S/C12H4ClF4/c13-12-7(2-1-3-8(12)15)11-9(16)4-6(14)5-10(11)17/h1,3-5H. The molecule has 0 nitrogen and oxygen atoms in total. The summed E-state index contributed by atoms with van der Waals surface area (Å²) in [6.45, 7) is 0. The SMILES string of the molecule is Fc1cc(F)c(-c2[c]ccc(F)c2Cl)c(F)c1. The van der Waals surface area contributed by atoms with Crippen molar-refractivity contribution in [3.63, 3.8) is 0 Å². The Bertz CT molecular complexity index is 558. The fraction of sp³-hybridized carbons (Fsp3) is 0. The highest BCUT2D eigenvalue weighted by atomic mass is 35.5. The van der Waals surface area contributed by atoms with Crippen LogP contribution >= 0.6 is 11.6 Å². The first-order chi connectivity index (χ1) is 8.00. The molecule has 87 valence electrons. The van der Waals surface area contributed by atoms with Crippen LogP contribution in [0.15, 0.2) is 24.3 Å². The molecule has 0 spiro atoms. The van der Waals surface area contributed by atoms with Gasteiger partial charge in [0, 0.05) is 17.7 Å². The van der Waals surface area contributed by atoms with E-state index in [1.807, 2.05) is 0 Å². The molecule has 0 aliphatic carbocycles. The van der Waals surface area contributed by atoms with E-state index in [0.29, 0.717) is 12.1 Å². The Morgan fingerprint density at radius 2 is 1.53 bits per heavy atom. The molecule has 0 aliphatic heterocycles. The lowest BCUT2D eigenvalue weighted by Gasteiger charge is -2.07. The Morgan fingerprint density at radius 3 is 2.12 bits per heavy atom. The van der Waals surface area contributed by atoms with Crippen molar-refractivity contribution in [1.29, 1.82) is 0 Å². The molecule has 0 bridgehead atoms. The summed E-state index contributed by atoms with van der Waals surface area (Å²) < 4.78 is 52.7. The Morgan fingerprint density at radius 1 is 0.941 bits per heavy atom. The van der Waals surface area contributed by atoms with Gasteiger partial charge in [0.1, 0.15) is 23.3 Å². The van der Waals surface area contributed by atoms with Gasteiger partial charge in [-0.15, -0.1) is 0 Å². The normalized spacial score (nSPS) is 10.6. The smallest absolute Gasteiger partial charge is 0.142 e. The summed E-state index contributed by atoms with van der Waals surface area (Å²) >= 11 is 5.58. The zero-order valence-corrected chi connectivity index (χ0v) is 8.96. The van der Waals surface area contributed by atoms with Crippen LogP contribution in [0, 0.1) is 29.3 Å². The maximum atomic E-state index is 13.4. The molecular weight excluding hydrogens is 256 g/mol. The Hall–Kier alpha value is -1.55. The maximum Gasteiger partial charge on any atom is 0.142 e. The van der Waals surface area contributed by atoms with Crippen molar-refractivity contribution in [2.24, 2.45) is 0 Å². The summed E-state index contributed by atoms with van der Waals surface area (Å²) in [6.07, 6.45) is 0. The van der Waals surface area contributed by atoms with E-state index in [2.05, 4.69) is 6.07 Å². The molecule has 0 unspecified atom stereocenters. The van der Waals surface area contributed by atoms with Gasteiger partial charge in [-0.2, -0.15) is 0 Å². The van der Waals surface area contributed by atoms with Crippen molar-refractivity contribution in [3.05, 3.63) is 58.6 Å². The lowest BCUT2D eigenvalue weighted by atomic mass is 10.0. The lowest BCUT2D eigenvalue weighted by molar-refractivity contribution is 0.547. The second kappa shape index (κ2) is 4.37. The van der Waals surface area contributed by atoms with Gasteiger partial charge in [0.05, 0.1) is 10.6 Å². The molecule has 0 amide bonds. The average molecular weight is 260 g/mol. The molecule has 0 saturated carbocycles. The van der Waals surface area contributed by atoms with Crippen molar-refractivity contribution in [2.45, 2.75) is 0 Å². The van der Waals surface area contributed by atoms with Gasteiger partial charge in [-0.3, -0.25) is 0 Å². The van der Waals surface area contributed by atoms with Crippen LogP contribution < -0.4 is 0 Å². The topological polar surface area (TPSA) is 0 Å². The molecule has 2 aromatic rings. The predicted octanol–water partition coefficient (Wildman–Crippen LogP) is 4.36. The first-order valence-corrected chi connectivity index (χ1v) is 4.89. The van der Waals surface area contributed by atoms with Crippen molar-refractivity contribution < 1.29 is 17.6 Å². The molecule has 0 fully saturated rings. The summed E-state index contributed by atoms with van der Waals surface area (Å²) in [7, 11) is 0. The second-order valence-electron chi connectivity index (χ2n) is 3.26. The van der Waals surface area contributed by atoms with Crippen LogP contribution in [0.4, 0.5) is 17.6 Å². The van der Waals surface area contributed by atoms with E-state index >= 15 is 0 Å². The number of benzene rings is 2. The third-order valence-electron chi connectivity index (χ3n) is 2.14. The molecule has 0 saturated heterocycles. The van der Waals surface area contributed by atoms with Crippen molar-refractivity contribution in [3.8, 4) is 11.1 Å². The molecule has 0 aromatic heterocycles. The first kappa shape index (κ1) is 11.9. The molecule has 0 atom stereocenters. The van der Waals surface area contributed by atoms with Crippen LogP contribution in [0.25, 0.3) is 11.1 Å². The fourth-order valence-electron chi connectivity index (χ4n) is 1.42. The minimum Gasteiger partial charge on any atom is -0.207 e. The third-order valence-corrected chi connectivity index (χ3v) is 2.51. The zero-order chi connectivity index (χ0) is 12.6. The van der Waals surface area contributed by atoms with Crippen LogP contribution in [-0.4, -0.2) is 0 Å². The lowest BCUT2D eigenvalue weighted by Crippen LogP contribution is -1.94. The van der Waals surface area contributed by atoms with E-state index in [-0.39, 0.29) is 5.56 Å². The third kappa shape index (κ3) is 2.13.